The van der Waals surface area contributed by atoms with Crippen molar-refractivity contribution in [1.29, 1.82) is 0 Å². The van der Waals surface area contributed by atoms with Crippen molar-refractivity contribution >= 4 is 11.6 Å². The molecule has 1 aromatic carbocycles. The van der Waals surface area contributed by atoms with E-state index in [-0.39, 0.29) is 23.4 Å². The molecule has 1 amide bonds. The van der Waals surface area contributed by atoms with Crippen LogP contribution in [0.5, 0.6) is 0 Å². The second kappa shape index (κ2) is 5.44. The SMILES string of the molecule is Cc1ccc(C(F)(F)F)cc1NC(=O)C(C)C1CNC1. The Balaban J connectivity index is 2.13. The summed E-state index contributed by atoms with van der Waals surface area (Å²) in [4.78, 5) is 12.0. The van der Waals surface area contributed by atoms with Crippen molar-refractivity contribution in [3.05, 3.63) is 29.3 Å². The van der Waals surface area contributed by atoms with Gasteiger partial charge in [0.15, 0.2) is 0 Å². The summed E-state index contributed by atoms with van der Waals surface area (Å²) in [6, 6.07) is 3.37. The summed E-state index contributed by atoms with van der Waals surface area (Å²) in [5, 5.41) is 5.68. The molecule has 2 N–H and O–H groups in total. The maximum atomic E-state index is 12.7. The van der Waals surface area contributed by atoms with Crippen LogP contribution in [0.2, 0.25) is 0 Å². The number of rotatable bonds is 3. The third-order valence-electron chi connectivity index (χ3n) is 3.76. The van der Waals surface area contributed by atoms with E-state index in [0.717, 1.165) is 25.2 Å². The van der Waals surface area contributed by atoms with Gasteiger partial charge in [-0.25, -0.2) is 0 Å². The van der Waals surface area contributed by atoms with Gasteiger partial charge in [-0.2, -0.15) is 13.2 Å². The minimum atomic E-state index is -4.41. The minimum Gasteiger partial charge on any atom is -0.326 e. The van der Waals surface area contributed by atoms with E-state index < -0.39 is 11.7 Å². The second-order valence-corrected chi connectivity index (χ2v) is 5.22. The van der Waals surface area contributed by atoms with Gasteiger partial charge in [0.2, 0.25) is 5.91 Å². The van der Waals surface area contributed by atoms with Crippen LogP contribution in [-0.4, -0.2) is 19.0 Å². The van der Waals surface area contributed by atoms with E-state index in [0.29, 0.717) is 5.56 Å². The number of carbonyl (C=O) groups is 1. The number of carbonyl (C=O) groups excluding carboxylic acids is 1. The van der Waals surface area contributed by atoms with Crippen molar-refractivity contribution in [3.63, 3.8) is 0 Å². The molecule has 1 heterocycles. The summed E-state index contributed by atoms with van der Waals surface area (Å²) < 4.78 is 38.0. The lowest BCUT2D eigenvalue weighted by atomic mass is 9.88. The third kappa shape index (κ3) is 3.12. The molecule has 1 aliphatic heterocycles. The Morgan fingerprint density at radius 1 is 1.40 bits per heavy atom. The van der Waals surface area contributed by atoms with Gasteiger partial charge in [-0.1, -0.05) is 13.0 Å². The monoisotopic (exact) mass is 286 g/mol. The Kier molecular flexibility index (Phi) is 4.04. The van der Waals surface area contributed by atoms with Gasteiger partial charge in [-0.15, -0.1) is 0 Å². The molecule has 0 spiro atoms. The molecule has 3 nitrogen and oxygen atoms in total. The Labute approximate surface area is 115 Å². The summed E-state index contributed by atoms with van der Waals surface area (Å²) in [6.07, 6.45) is -4.41. The van der Waals surface area contributed by atoms with Crippen LogP contribution in [0.15, 0.2) is 18.2 Å². The summed E-state index contributed by atoms with van der Waals surface area (Å²) in [7, 11) is 0. The van der Waals surface area contributed by atoms with E-state index in [1.807, 2.05) is 0 Å². The molecule has 1 fully saturated rings. The van der Waals surface area contributed by atoms with Gasteiger partial charge < -0.3 is 10.6 Å². The van der Waals surface area contributed by atoms with E-state index in [9.17, 15) is 18.0 Å². The summed E-state index contributed by atoms with van der Waals surface area (Å²) in [5.41, 5.74) is 0.0885. The van der Waals surface area contributed by atoms with Crippen LogP contribution >= 0.6 is 0 Å². The molecule has 1 atom stereocenters. The van der Waals surface area contributed by atoms with Crippen molar-refractivity contribution < 1.29 is 18.0 Å². The lowest BCUT2D eigenvalue weighted by Gasteiger charge is -2.31. The molecule has 6 heteroatoms. The first-order valence-electron chi connectivity index (χ1n) is 6.48. The highest BCUT2D eigenvalue weighted by atomic mass is 19.4. The number of benzene rings is 1. The molecule has 0 bridgehead atoms. The Hall–Kier alpha value is -1.56. The topological polar surface area (TPSA) is 41.1 Å². The van der Waals surface area contributed by atoms with Crippen molar-refractivity contribution in [2.45, 2.75) is 20.0 Å². The fourth-order valence-electron chi connectivity index (χ4n) is 2.06. The van der Waals surface area contributed by atoms with Crippen LogP contribution in [0.3, 0.4) is 0 Å². The summed E-state index contributed by atoms with van der Waals surface area (Å²) in [6.45, 7) is 5.02. The maximum Gasteiger partial charge on any atom is 0.416 e. The molecule has 2 rings (SSSR count). The van der Waals surface area contributed by atoms with Gasteiger partial charge in [0.1, 0.15) is 0 Å². The fraction of sp³-hybridized carbons (Fsp3) is 0.500. The quantitative estimate of drug-likeness (QED) is 0.897. The zero-order valence-corrected chi connectivity index (χ0v) is 11.3. The molecule has 20 heavy (non-hydrogen) atoms. The molecule has 110 valence electrons. The number of halogens is 3. The average Bonchev–Trinajstić information content (AvgIpc) is 2.28. The Bertz CT molecular complexity index is 510. The predicted octanol–water partition coefficient (Wildman–Crippen LogP) is 2.81. The third-order valence-corrected chi connectivity index (χ3v) is 3.76. The van der Waals surface area contributed by atoms with Gasteiger partial charge in [0, 0.05) is 11.6 Å². The van der Waals surface area contributed by atoms with Gasteiger partial charge in [0.25, 0.3) is 0 Å². The molecule has 0 saturated carbocycles. The largest absolute Gasteiger partial charge is 0.416 e. The van der Waals surface area contributed by atoms with E-state index in [1.54, 1.807) is 13.8 Å². The normalized spacial score (nSPS) is 17.4. The minimum absolute atomic E-state index is 0.217. The number of amides is 1. The number of hydrogen-bond donors (Lipinski definition) is 2. The van der Waals surface area contributed by atoms with Crippen molar-refractivity contribution in [3.8, 4) is 0 Å². The maximum absolute atomic E-state index is 12.7. The second-order valence-electron chi connectivity index (χ2n) is 5.22. The summed E-state index contributed by atoms with van der Waals surface area (Å²) in [5.74, 6) is -0.203. The first-order valence-corrected chi connectivity index (χ1v) is 6.48. The van der Waals surface area contributed by atoms with Crippen LogP contribution in [0, 0.1) is 18.8 Å². The van der Waals surface area contributed by atoms with Crippen LogP contribution in [0.25, 0.3) is 0 Å². The van der Waals surface area contributed by atoms with E-state index in [4.69, 9.17) is 0 Å². The fourth-order valence-corrected chi connectivity index (χ4v) is 2.06. The van der Waals surface area contributed by atoms with Crippen LogP contribution in [0.4, 0.5) is 18.9 Å². The number of aryl methyl sites for hydroxylation is 1. The highest BCUT2D eigenvalue weighted by Gasteiger charge is 2.32. The molecule has 1 saturated heterocycles. The number of hydrogen-bond acceptors (Lipinski definition) is 2. The Morgan fingerprint density at radius 2 is 2.05 bits per heavy atom. The smallest absolute Gasteiger partial charge is 0.326 e. The van der Waals surface area contributed by atoms with Gasteiger partial charge in [0.05, 0.1) is 5.56 Å². The molecule has 1 aromatic rings. The lowest BCUT2D eigenvalue weighted by molar-refractivity contribution is -0.137. The standard InChI is InChI=1S/C14H17F3N2O/c1-8-3-4-11(14(15,16)17)5-12(8)19-13(20)9(2)10-6-18-7-10/h3-5,9-10,18H,6-7H2,1-2H3,(H,19,20). The highest BCUT2D eigenvalue weighted by molar-refractivity contribution is 5.93. The first kappa shape index (κ1) is 14.8. The highest BCUT2D eigenvalue weighted by Crippen LogP contribution is 2.32. The van der Waals surface area contributed by atoms with Crippen molar-refractivity contribution in [2.75, 3.05) is 18.4 Å². The zero-order chi connectivity index (χ0) is 14.9. The van der Waals surface area contributed by atoms with Gasteiger partial charge in [-0.05, 0) is 43.6 Å². The molecular formula is C14H17F3N2O. The number of alkyl halides is 3. The average molecular weight is 286 g/mol. The van der Waals surface area contributed by atoms with Crippen LogP contribution in [0.1, 0.15) is 18.1 Å². The van der Waals surface area contributed by atoms with Crippen molar-refractivity contribution in [1.82, 2.24) is 5.32 Å². The lowest BCUT2D eigenvalue weighted by Crippen LogP contribution is -2.48. The van der Waals surface area contributed by atoms with Gasteiger partial charge in [-0.3, -0.25) is 4.79 Å². The molecule has 0 radical (unpaired) electrons. The van der Waals surface area contributed by atoms with Gasteiger partial charge >= 0.3 is 6.18 Å². The van der Waals surface area contributed by atoms with Crippen LogP contribution < -0.4 is 10.6 Å². The zero-order valence-electron chi connectivity index (χ0n) is 11.3. The number of nitrogens with one attached hydrogen (secondary N) is 2. The van der Waals surface area contributed by atoms with E-state index in [2.05, 4.69) is 10.6 Å². The molecular weight excluding hydrogens is 269 g/mol. The molecule has 0 aliphatic carbocycles. The molecule has 1 unspecified atom stereocenters. The molecule has 0 aromatic heterocycles. The summed E-state index contributed by atoms with van der Waals surface area (Å²) >= 11 is 0. The van der Waals surface area contributed by atoms with E-state index >= 15 is 0 Å². The Morgan fingerprint density at radius 3 is 2.55 bits per heavy atom. The predicted molar refractivity (Wildman–Crippen MR) is 70.3 cm³/mol. The van der Waals surface area contributed by atoms with E-state index in [1.165, 1.54) is 6.07 Å². The first-order chi connectivity index (χ1) is 9.29. The van der Waals surface area contributed by atoms with Crippen molar-refractivity contribution in [2.24, 2.45) is 11.8 Å². The van der Waals surface area contributed by atoms with Crippen LogP contribution in [-0.2, 0) is 11.0 Å². The number of anilines is 1. The molecule has 1 aliphatic rings.